The van der Waals surface area contributed by atoms with Crippen molar-refractivity contribution >= 4 is 22.5 Å². The largest absolute Gasteiger partial charge is 0.497 e. The van der Waals surface area contributed by atoms with Crippen molar-refractivity contribution in [3.63, 3.8) is 0 Å². The molecule has 0 saturated heterocycles. The zero-order chi connectivity index (χ0) is 13.9. The minimum atomic E-state index is 0.687. The summed E-state index contributed by atoms with van der Waals surface area (Å²) in [4.78, 5) is 11.5. The number of benzene rings is 1. The molecule has 0 fully saturated rings. The quantitative estimate of drug-likeness (QED) is 0.762. The lowest BCUT2D eigenvalue weighted by atomic mass is 10.2. The average molecular weight is 270 g/mol. The highest BCUT2D eigenvalue weighted by Crippen LogP contribution is 2.32. The molecule has 2 N–H and O–H groups in total. The van der Waals surface area contributed by atoms with Crippen LogP contribution in [0.2, 0.25) is 0 Å². The Hall–Kier alpha value is -2.76. The number of fused-ring (bicyclic) bond motifs is 1. The van der Waals surface area contributed by atoms with Crippen LogP contribution < -0.4 is 14.8 Å². The van der Waals surface area contributed by atoms with Gasteiger partial charge in [0.1, 0.15) is 29.3 Å². The van der Waals surface area contributed by atoms with Gasteiger partial charge in [0.25, 0.3) is 0 Å². The van der Waals surface area contributed by atoms with Gasteiger partial charge in [-0.2, -0.15) is 0 Å². The summed E-state index contributed by atoms with van der Waals surface area (Å²) in [5.74, 6) is 2.15. The number of anilines is 2. The number of hydrogen-bond acceptors (Lipinski definition) is 5. The highest BCUT2D eigenvalue weighted by atomic mass is 16.5. The fourth-order valence-electron chi connectivity index (χ4n) is 2.00. The van der Waals surface area contributed by atoms with E-state index in [0.717, 1.165) is 28.3 Å². The fourth-order valence-corrected chi connectivity index (χ4v) is 2.00. The maximum absolute atomic E-state index is 5.36. The number of hydrogen-bond donors (Lipinski definition) is 2. The van der Waals surface area contributed by atoms with E-state index in [4.69, 9.17) is 9.47 Å². The van der Waals surface area contributed by atoms with E-state index >= 15 is 0 Å². The Balaban J connectivity index is 2.00. The zero-order valence-corrected chi connectivity index (χ0v) is 11.2. The molecule has 1 aromatic carbocycles. The third-order valence-corrected chi connectivity index (χ3v) is 3.02. The molecule has 0 aliphatic rings. The first-order valence-corrected chi connectivity index (χ1v) is 6.09. The minimum absolute atomic E-state index is 0.687. The molecular weight excluding hydrogens is 256 g/mol. The third-order valence-electron chi connectivity index (χ3n) is 3.02. The van der Waals surface area contributed by atoms with Crippen LogP contribution in [0, 0.1) is 0 Å². The van der Waals surface area contributed by atoms with Crippen molar-refractivity contribution < 1.29 is 9.47 Å². The van der Waals surface area contributed by atoms with Gasteiger partial charge in [0, 0.05) is 12.3 Å². The molecule has 6 heteroatoms. The topological polar surface area (TPSA) is 72.1 Å². The molecular formula is C14H14N4O2. The standard InChI is InChI=1S/C14H14N4O2/c1-19-9-3-4-11(12(7-9)20-2)18-14-10-5-6-15-13(10)16-8-17-14/h3-8H,1-2H3,(H2,15,16,17,18). The van der Waals surface area contributed by atoms with Crippen LogP contribution in [-0.2, 0) is 0 Å². The van der Waals surface area contributed by atoms with Crippen LogP contribution in [0.4, 0.5) is 11.5 Å². The van der Waals surface area contributed by atoms with Crippen molar-refractivity contribution in [2.24, 2.45) is 0 Å². The molecule has 0 spiro atoms. The highest BCUT2D eigenvalue weighted by molar-refractivity contribution is 5.89. The molecule has 0 atom stereocenters. The van der Waals surface area contributed by atoms with Crippen molar-refractivity contribution in [1.82, 2.24) is 15.0 Å². The van der Waals surface area contributed by atoms with E-state index in [2.05, 4.69) is 20.3 Å². The summed E-state index contributed by atoms with van der Waals surface area (Å²) in [7, 11) is 3.24. The van der Waals surface area contributed by atoms with Crippen LogP contribution in [-0.4, -0.2) is 29.2 Å². The average Bonchev–Trinajstić information content (AvgIpc) is 2.97. The number of rotatable bonds is 4. The molecule has 2 aromatic heterocycles. The Morgan fingerprint density at radius 2 is 2.00 bits per heavy atom. The molecule has 0 saturated carbocycles. The fraction of sp³-hybridized carbons (Fsp3) is 0.143. The van der Waals surface area contributed by atoms with Gasteiger partial charge in [-0.05, 0) is 18.2 Å². The summed E-state index contributed by atoms with van der Waals surface area (Å²) in [6, 6.07) is 7.49. The summed E-state index contributed by atoms with van der Waals surface area (Å²) in [5, 5.41) is 4.17. The van der Waals surface area contributed by atoms with Gasteiger partial charge in [0.2, 0.25) is 0 Å². The first-order valence-electron chi connectivity index (χ1n) is 6.09. The number of methoxy groups -OCH3 is 2. The van der Waals surface area contributed by atoms with E-state index in [0.29, 0.717) is 5.75 Å². The first kappa shape index (κ1) is 12.3. The molecule has 0 unspecified atom stereocenters. The predicted octanol–water partition coefficient (Wildman–Crippen LogP) is 2.72. The Bertz CT molecular complexity index is 739. The van der Waals surface area contributed by atoms with E-state index in [-0.39, 0.29) is 0 Å². The molecule has 20 heavy (non-hydrogen) atoms. The maximum atomic E-state index is 5.36. The van der Waals surface area contributed by atoms with Crippen LogP contribution in [0.1, 0.15) is 0 Å². The van der Waals surface area contributed by atoms with Gasteiger partial charge in [-0.15, -0.1) is 0 Å². The van der Waals surface area contributed by atoms with Gasteiger partial charge < -0.3 is 19.8 Å². The Kier molecular flexibility index (Phi) is 3.12. The monoisotopic (exact) mass is 270 g/mol. The van der Waals surface area contributed by atoms with Crippen molar-refractivity contribution in [3.05, 3.63) is 36.8 Å². The number of H-pyrrole nitrogens is 1. The van der Waals surface area contributed by atoms with E-state index in [1.54, 1.807) is 14.2 Å². The normalized spacial score (nSPS) is 10.5. The van der Waals surface area contributed by atoms with E-state index in [9.17, 15) is 0 Å². The van der Waals surface area contributed by atoms with Crippen molar-refractivity contribution in [1.29, 1.82) is 0 Å². The summed E-state index contributed by atoms with van der Waals surface area (Å²) < 4.78 is 10.5. The van der Waals surface area contributed by atoms with Crippen LogP contribution in [0.5, 0.6) is 11.5 Å². The number of aromatic amines is 1. The molecule has 0 radical (unpaired) electrons. The van der Waals surface area contributed by atoms with Crippen LogP contribution in [0.3, 0.4) is 0 Å². The lowest BCUT2D eigenvalue weighted by Crippen LogP contribution is -1.98. The van der Waals surface area contributed by atoms with Crippen molar-refractivity contribution in [3.8, 4) is 11.5 Å². The van der Waals surface area contributed by atoms with Gasteiger partial charge in [0.05, 0.1) is 25.3 Å². The number of ether oxygens (including phenoxy) is 2. The van der Waals surface area contributed by atoms with Crippen molar-refractivity contribution in [2.75, 3.05) is 19.5 Å². The Labute approximate surface area is 115 Å². The van der Waals surface area contributed by atoms with E-state index in [1.165, 1.54) is 6.33 Å². The lowest BCUT2D eigenvalue weighted by molar-refractivity contribution is 0.395. The smallest absolute Gasteiger partial charge is 0.146 e. The molecule has 0 aliphatic heterocycles. The molecule has 6 nitrogen and oxygen atoms in total. The molecule has 0 amide bonds. The number of nitrogens with zero attached hydrogens (tertiary/aromatic N) is 2. The summed E-state index contributed by atoms with van der Waals surface area (Å²) in [5.41, 5.74) is 1.60. The highest BCUT2D eigenvalue weighted by Gasteiger charge is 2.09. The van der Waals surface area contributed by atoms with Crippen LogP contribution >= 0.6 is 0 Å². The SMILES string of the molecule is COc1ccc(Nc2ncnc3[nH]ccc23)c(OC)c1. The maximum Gasteiger partial charge on any atom is 0.146 e. The first-order chi connectivity index (χ1) is 9.81. The van der Waals surface area contributed by atoms with Crippen molar-refractivity contribution in [2.45, 2.75) is 0 Å². The second-order valence-electron chi connectivity index (χ2n) is 4.15. The van der Waals surface area contributed by atoms with Crippen LogP contribution in [0.25, 0.3) is 11.0 Å². The van der Waals surface area contributed by atoms with Gasteiger partial charge in [-0.3, -0.25) is 0 Å². The second kappa shape index (κ2) is 5.08. The Morgan fingerprint density at radius 1 is 1.10 bits per heavy atom. The predicted molar refractivity (Wildman–Crippen MR) is 76.7 cm³/mol. The van der Waals surface area contributed by atoms with Crippen LogP contribution in [0.15, 0.2) is 36.8 Å². The molecule has 2 heterocycles. The summed E-state index contributed by atoms with van der Waals surface area (Å²) in [6.45, 7) is 0. The molecule has 3 aromatic rings. The molecule has 102 valence electrons. The van der Waals surface area contributed by atoms with E-state index < -0.39 is 0 Å². The van der Waals surface area contributed by atoms with Gasteiger partial charge in [-0.25, -0.2) is 9.97 Å². The van der Waals surface area contributed by atoms with Gasteiger partial charge in [-0.1, -0.05) is 0 Å². The third kappa shape index (κ3) is 2.11. The van der Waals surface area contributed by atoms with Gasteiger partial charge >= 0.3 is 0 Å². The minimum Gasteiger partial charge on any atom is -0.497 e. The second-order valence-corrected chi connectivity index (χ2v) is 4.15. The molecule has 0 aliphatic carbocycles. The molecule has 0 bridgehead atoms. The summed E-state index contributed by atoms with van der Waals surface area (Å²) in [6.07, 6.45) is 3.34. The number of nitrogens with one attached hydrogen (secondary N) is 2. The lowest BCUT2D eigenvalue weighted by Gasteiger charge is -2.12. The molecule has 3 rings (SSSR count). The van der Waals surface area contributed by atoms with E-state index in [1.807, 2.05) is 30.5 Å². The summed E-state index contributed by atoms with van der Waals surface area (Å²) >= 11 is 0. The number of aromatic nitrogens is 3. The zero-order valence-electron chi connectivity index (χ0n) is 11.2. The van der Waals surface area contributed by atoms with Gasteiger partial charge in [0.15, 0.2) is 0 Å². The Morgan fingerprint density at radius 3 is 2.80 bits per heavy atom.